The average Bonchev–Trinajstić information content (AvgIpc) is 3.03. The van der Waals surface area contributed by atoms with E-state index in [0.717, 1.165) is 11.2 Å². The minimum atomic E-state index is 0. The summed E-state index contributed by atoms with van der Waals surface area (Å²) in [5, 5.41) is 2.42. The molecule has 1 aromatic heterocycles. The first-order valence-electron chi connectivity index (χ1n) is 7.76. The number of quaternary nitrogens is 1. The molecule has 2 unspecified atom stereocenters. The van der Waals surface area contributed by atoms with Crippen LogP contribution in [0.3, 0.4) is 0 Å². The summed E-state index contributed by atoms with van der Waals surface area (Å²) >= 11 is 0. The van der Waals surface area contributed by atoms with Crippen LogP contribution in [0.1, 0.15) is 18.1 Å². The minimum absolute atomic E-state index is 0. The molecule has 1 aliphatic rings. The van der Waals surface area contributed by atoms with Crippen molar-refractivity contribution in [3.8, 4) is 0 Å². The molecule has 1 N–H and O–H groups in total. The Morgan fingerprint density at radius 2 is 1.74 bits per heavy atom. The van der Waals surface area contributed by atoms with Crippen molar-refractivity contribution in [3.63, 3.8) is 0 Å². The Kier molecular flexibility index (Phi) is 4.14. The van der Waals surface area contributed by atoms with E-state index in [2.05, 4.69) is 75.5 Å². The van der Waals surface area contributed by atoms with Crippen LogP contribution in [0.15, 0.2) is 47.1 Å². The molecule has 0 radical (unpaired) electrons. The van der Waals surface area contributed by atoms with E-state index in [-0.39, 0.29) is 24.0 Å². The third-order valence-corrected chi connectivity index (χ3v) is 4.91. The Morgan fingerprint density at radius 1 is 1.00 bits per heavy atom. The van der Waals surface area contributed by atoms with Gasteiger partial charge in [0.15, 0.2) is 17.4 Å². The standard InChI is InChI=1S/C19H20N2O.HI/c1-12-8-9-16-15-7-5-6-13(2)18(15)22-19(16)17(12)21-11-10-20(4)14(21)3;/h5-11,14H,1-4H3;1H. The van der Waals surface area contributed by atoms with Crippen molar-refractivity contribution in [1.82, 2.24) is 4.90 Å². The lowest BCUT2D eigenvalue weighted by Crippen LogP contribution is -3.06. The first-order chi connectivity index (χ1) is 10.6. The van der Waals surface area contributed by atoms with Gasteiger partial charge in [0.1, 0.15) is 11.8 Å². The van der Waals surface area contributed by atoms with E-state index in [9.17, 15) is 0 Å². The number of halogens is 1. The Bertz CT molecular complexity index is 913. The number of nitrogens with zero attached hydrogens (tertiary/aromatic N) is 1. The van der Waals surface area contributed by atoms with Crippen LogP contribution in [0.25, 0.3) is 21.9 Å². The van der Waals surface area contributed by atoms with Crippen molar-refractivity contribution in [3.05, 3.63) is 53.9 Å². The molecule has 0 bridgehead atoms. The van der Waals surface area contributed by atoms with Gasteiger partial charge in [-0.3, -0.25) is 4.90 Å². The number of fused-ring (bicyclic) bond motifs is 3. The van der Waals surface area contributed by atoms with E-state index in [4.69, 9.17) is 4.42 Å². The lowest BCUT2D eigenvalue weighted by atomic mass is 10.1. The fourth-order valence-electron chi connectivity index (χ4n) is 3.44. The zero-order chi connectivity index (χ0) is 15.4. The van der Waals surface area contributed by atoms with Crippen LogP contribution in [0.5, 0.6) is 0 Å². The number of aryl methyl sites for hydroxylation is 2. The molecule has 3 nitrogen and oxygen atoms in total. The summed E-state index contributed by atoms with van der Waals surface area (Å²) in [6.45, 7) is 6.51. The minimum Gasteiger partial charge on any atom is -1.00 e. The van der Waals surface area contributed by atoms with E-state index in [1.165, 1.54) is 32.5 Å². The number of hydrogen-bond donors (Lipinski definition) is 1. The van der Waals surface area contributed by atoms with Gasteiger partial charge < -0.3 is 33.3 Å². The summed E-state index contributed by atoms with van der Waals surface area (Å²) in [4.78, 5) is 3.57. The van der Waals surface area contributed by atoms with Crippen molar-refractivity contribution < 1.29 is 33.3 Å². The van der Waals surface area contributed by atoms with Crippen molar-refractivity contribution in [2.45, 2.75) is 26.9 Å². The lowest BCUT2D eigenvalue weighted by Gasteiger charge is -2.22. The predicted molar refractivity (Wildman–Crippen MR) is 90.2 cm³/mol. The summed E-state index contributed by atoms with van der Waals surface area (Å²) in [6.07, 6.45) is 4.73. The lowest BCUT2D eigenvalue weighted by molar-refractivity contribution is -0.806. The smallest absolute Gasteiger partial charge is 0.196 e. The van der Waals surface area contributed by atoms with Gasteiger partial charge in [0.05, 0.1) is 6.20 Å². The van der Waals surface area contributed by atoms with Crippen LogP contribution < -0.4 is 28.9 Å². The highest BCUT2D eigenvalue weighted by Crippen LogP contribution is 2.35. The number of rotatable bonds is 1. The number of furan rings is 1. The molecular formula is C19H21IN2O. The Labute approximate surface area is 153 Å². The monoisotopic (exact) mass is 420 g/mol. The SMILES string of the molecule is Cc1ccc2c(oc3c(C)cccc32)c1[NH+]1C=CN(C)C1C.[I-]. The van der Waals surface area contributed by atoms with Gasteiger partial charge in [0.2, 0.25) is 0 Å². The number of nitrogens with one attached hydrogen (secondary N) is 1. The summed E-state index contributed by atoms with van der Waals surface area (Å²) < 4.78 is 6.32. The molecule has 0 fully saturated rings. The Balaban J connectivity index is 0.00000156. The molecule has 120 valence electrons. The van der Waals surface area contributed by atoms with Gasteiger partial charge in [0, 0.05) is 30.3 Å². The van der Waals surface area contributed by atoms with E-state index in [0.29, 0.717) is 6.17 Å². The van der Waals surface area contributed by atoms with E-state index < -0.39 is 0 Å². The average molecular weight is 420 g/mol. The topological polar surface area (TPSA) is 20.8 Å². The van der Waals surface area contributed by atoms with Gasteiger partial charge in [0.25, 0.3) is 0 Å². The first-order valence-corrected chi connectivity index (χ1v) is 7.76. The molecule has 1 aliphatic heterocycles. The van der Waals surface area contributed by atoms with Crippen molar-refractivity contribution >= 4 is 27.6 Å². The van der Waals surface area contributed by atoms with Crippen molar-refractivity contribution in [1.29, 1.82) is 0 Å². The van der Waals surface area contributed by atoms with Crippen LogP contribution in [-0.2, 0) is 0 Å². The van der Waals surface area contributed by atoms with Gasteiger partial charge in [-0.15, -0.1) is 0 Å². The number of benzene rings is 2. The van der Waals surface area contributed by atoms with Crippen LogP contribution in [-0.4, -0.2) is 18.1 Å². The fraction of sp³-hybridized carbons (Fsp3) is 0.263. The van der Waals surface area contributed by atoms with E-state index >= 15 is 0 Å². The third-order valence-electron chi connectivity index (χ3n) is 4.91. The normalized spacial score (nSPS) is 20.4. The molecular weight excluding hydrogens is 399 g/mol. The fourth-order valence-corrected chi connectivity index (χ4v) is 3.44. The van der Waals surface area contributed by atoms with Crippen LogP contribution in [0, 0.1) is 13.8 Å². The highest BCUT2D eigenvalue weighted by molar-refractivity contribution is 6.08. The Hall–Kier alpha value is -1.53. The maximum atomic E-state index is 6.32. The predicted octanol–water partition coefficient (Wildman–Crippen LogP) is 0.486. The van der Waals surface area contributed by atoms with Crippen molar-refractivity contribution in [2.24, 2.45) is 0 Å². The highest BCUT2D eigenvalue weighted by atomic mass is 127. The largest absolute Gasteiger partial charge is 1.00 e. The summed E-state index contributed by atoms with van der Waals surface area (Å²) in [5.74, 6) is 0. The highest BCUT2D eigenvalue weighted by Gasteiger charge is 2.30. The maximum absolute atomic E-state index is 6.32. The number of para-hydroxylation sites is 1. The Morgan fingerprint density at radius 3 is 2.43 bits per heavy atom. The second-order valence-corrected chi connectivity index (χ2v) is 6.30. The summed E-state index contributed by atoms with van der Waals surface area (Å²) in [5.41, 5.74) is 5.74. The molecule has 3 aromatic rings. The van der Waals surface area contributed by atoms with Crippen LogP contribution in [0.2, 0.25) is 0 Å². The quantitative estimate of drug-likeness (QED) is 0.579. The van der Waals surface area contributed by atoms with Gasteiger partial charge in [-0.05, 0) is 25.5 Å². The maximum Gasteiger partial charge on any atom is 0.196 e. The first kappa shape index (κ1) is 16.3. The van der Waals surface area contributed by atoms with E-state index in [1.54, 1.807) is 0 Å². The van der Waals surface area contributed by atoms with Crippen molar-refractivity contribution in [2.75, 3.05) is 7.05 Å². The van der Waals surface area contributed by atoms with Gasteiger partial charge in [-0.1, -0.05) is 24.3 Å². The molecule has 0 aliphatic carbocycles. The molecule has 23 heavy (non-hydrogen) atoms. The van der Waals surface area contributed by atoms with E-state index in [1.807, 2.05) is 0 Å². The molecule has 2 atom stereocenters. The zero-order valence-corrected chi connectivity index (χ0v) is 16.0. The second kappa shape index (κ2) is 5.83. The third kappa shape index (κ3) is 2.35. The molecule has 2 aromatic carbocycles. The van der Waals surface area contributed by atoms with Gasteiger partial charge in [-0.25, -0.2) is 0 Å². The molecule has 2 heterocycles. The van der Waals surface area contributed by atoms with Gasteiger partial charge >= 0.3 is 0 Å². The molecule has 0 spiro atoms. The molecule has 0 amide bonds. The molecule has 4 heteroatoms. The molecule has 0 saturated carbocycles. The molecule has 4 rings (SSSR count). The number of hydrogen-bond acceptors (Lipinski definition) is 2. The van der Waals surface area contributed by atoms with Gasteiger partial charge in [-0.2, -0.15) is 0 Å². The zero-order valence-electron chi connectivity index (χ0n) is 13.9. The second-order valence-electron chi connectivity index (χ2n) is 6.30. The van der Waals surface area contributed by atoms with Crippen LogP contribution >= 0.6 is 0 Å². The van der Waals surface area contributed by atoms with Crippen LogP contribution in [0.4, 0.5) is 5.69 Å². The molecule has 0 saturated heterocycles. The summed E-state index contributed by atoms with van der Waals surface area (Å²) in [7, 11) is 2.12. The summed E-state index contributed by atoms with van der Waals surface area (Å²) in [6, 6.07) is 10.8.